The molecule has 0 aromatic heterocycles. The summed E-state index contributed by atoms with van der Waals surface area (Å²) in [6, 6.07) is 9.23. The molecule has 0 atom stereocenters. The zero-order valence-corrected chi connectivity index (χ0v) is 16.6. The summed E-state index contributed by atoms with van der Waals surface area (Å²) in [5.74, 6) is 1.99. The minimum absolute atomic E-state index is 0.440. The molecule has 0 spiro atoms. The SMILES string of the molecule is COC(=O)/C=C/c1ccc(OC)c(OC)c1/C=C/c1ccc(OC)c(OC)c1. The number of carbonyl (C=O) groups is 1. The quantitative estimate of drug-likeness (QED) is 0.388. The summed E-state index contributed by atoms with van der Waals surface area (Å²) in [5.41, 5.74) is 2.45. The molecule has 6 heteroatoms. The number of carbonyl (C=O) groups excluding carboxylic acids is 1. The molecule has 0 radical (unpaired) electrons. The summed E-state index contributed by atoms with van der Waals surface area (Å²) >= 11 is 0. The molecule has 2 rings (SSSR count). The number of ether oxygens (including phenoxy) is 5. The van der Waals surface area contributed by atoms with Crippen LogP contribution in [0.1, 0.15) is 16.7 Å². The van der Waals surface area contributed by atoms with Gasteiger partial charge < -0.3 is 23.7 Å². The van der Waals surface area contributed by atoms with Crippen molar-refractivity contribution >= 4 is 24.2 Å². The first-order valence-corrected chi connectivity index (χ1v) is 8.49. The highest BCUT2D eigenvalue weighted by atomic mass is 16.5. The molecule has 0 aliphatic carbocycles. The molecule has 0 saturated carbocycles. The number of methoxy groups -OCH3 is 5. The van der Waals surface area contributed by atoms with Gasteiger partial charge in [-0.15, -0.1) is 0 Å². The van der Waals surface area contributed by atoms with Crippen molar-refractivity contribution in [1.29, 1.82) is 0 Å². The Kier molecular flexibility index (Phi) is 7.51. The molecule has 0 amide bonds. The van der Waals surface area contributed by atoms with Crippen molar-refractivity contribution in [3.63, 3.8) is 0 Å². The summed E-state index contributed by atoms with van der Waals surface area (Å²) in [4.78, 5) is 11.5. The van der Waals surface area contributed by atoms with Crippen LogP contribution in [0.3, 0.4) is 0 Å². The van der Waals surface area contributed by atoms with Gasteiger partial charge in [0.25, 0.3) is 0 Å². The molecule has 2 aromatic rings. The topological polar surface area (TPSA) is 63.2 Å². The zero-order chi connectivity index (χ0) is 20.5. The van der Waals surface area contributed by atoms with Crippen LogP contribution in [-0.2, 0) is 9.53 Å². The second-order valence-electron chi connectivity index (χ2n) is 5.61. The monoisotopic (exact) mass is 384 g/mol. The van der Waals surface area contributed by atoms with E-state index in [1.807, 2.05) is 36.4 Å². The predicted molar refractivity (Wildman–Crippen MR) is 109 cm³/mol. The molecule has 2 aromatic carbocycles. The van der Waals surface area contributed by atoms with E-state index >= 15 is 0 Å². The van der Waals surface area contributed by atoms with Crippen LogP contribution in [0.5, 0.6) is 23.0 Å². The van der Waals surface area contributed by atoms with Crippen molar-refractivity contribution in [2.24, 2.45) is 0 Å². The van der Waals surface area contributed by atoms with E-state index in [1.54, 1.807) is 40.6 Å². The van der Waals surface area contributed by atoms with E-state index in [0.29, 0.717) is 23.0 Å². The van der Waals surface area contributed by atoms with Crippen LogP contribution in [0.25, 0.3) is 18.2 Å². The first-order valence-electron chi connectivity index (χ1n) is 8.49. The maximum absolute atomic E-state index is 11.5. The lowest BCUT2D eigenvalue weighted by atomic mass is 10.0. The summed E-state index contributed by atoms with van der Waals surface area (Å²) < 4.78 is 26.2. The molecule has 0 aliphatic rings. The van der Waals surface area contributed by atoms with E-state index in [4.69, 9.17) is 18.9 Å². The third-order valence-corrected chi connectivity index (χ3v) is 4.07. The minimum atomic E-state index is -0.440. The molecule has 0 saturated heterocycles. The number of benzene rings is 2. The van der Waals surface area contributed by atoms with Crippen LogP contribution in [0.2, 0.25) is 0 Å². The standard InChI is InChI=1S/C22H24O6/c1-24-18-11-7-15(14-20(18)26-3)6-10-17-16(9-13-21(23)27-4)8-12-19(25-2)22(17)28-5/h6-14H,1-5H3/b10-6+,13-9+. The van der Waals surface area contributed by atoms with Gasteiger partial charge >= 0.3 is 5.97 Å². The Morgan fingerprint density at radius 2 is 1.43 bits per heavy atom. The minimum Gasteiger partial charge on any atom is -0.493 e. The third kappa shape index (κ3) is 4.85. The molecule has 0 aliphatic heterocycles. The Balaban J connectivity index is 2.51. The molecule has 0 heterocycles. The lowest BCUT2D eigenvalue weighted by Crippen LogP contribution is -1.97. The van der Waals surface area contributed by atoms with Gasteiger partial charge in [-0.25, -0.2) is 4.79 Å². The first kappa shape index (κ1) is 20.9. The fourth-order valence-corrected chi connectivity index (χ4v) is 2.65. The van der Waals surface area contributed by atoms with Crippen molar-refractivity contribution in [3.05, 3.63) is 53.1 Å². The highest BCUT2D eigenvalue weighted by Gasteiger charge is 2.12. The number of hydrogen-bond donors (Lipinski definition) is 0. The van der Waals surface area contributed by atoms with Gasteiger partial charge in [0.05, 0.1) is 35.5 Å². The normalized spacial score (nSPS) is 10.9. The highest BCUT2D eigenvalue weighted by Crippen LogP contribution is 2.36. The number of esters is 1. The van der Waals surface area contributed by atoms with E-state index < -0.39 is 5.97 Å². The van der Waals surface area contributed by atoms with Gasteiger partial charge in [0.1, 0.15) is 0 Å². The van der Waals surface area contributed by atoms with Crippen molar-refractivity contribution < 1.29 is 28.5 Å². The average molecular weight is 384 g/mol. The van der Waals surface area contributed by atoms with Crippen molar-refractivity contribution in [2.45, 2.75) is 0 Å². The fraction of sp³-hybridized carbons (Fsp3) is 0.227. The average Bonchev–Trinajstić information content (AvgIpc) is 2.75. The van der Waals surface area contributed by atoms with E-state index in [2.05, 4.69) is 4.74 Å². The molecular formula is C22H24O6. The maximum Gasteiger partial charge on any atom is 0.330 e. The molecule has 28 heavy (non-hydrogen) atoms. The highest BCUT2D eigenvalue weighted by molar-refractivity contribution is 5.89. The molecule has 148 valence electrons. The Morgan fingerprint density at radius 1 is 0.750 bits per heavy atom. The van der Waals surface area contributed by atoms with Crippen LogP contribution in [-0.4, -0.2) is 41.5 Å². The van der Waals surface area contributed by atoms with Gasteiger partial charge in [-0.1, -0.05) is 18.2 Å². The van der Waals surface area contributed by atoms with Crippen LogP contribution in [0.15, 0.2) is 36.4 Å². The molecule has 0 unspecified atom stereocenters. The molecule has 0 bridgehead atoms. The molecule has 0 N–H and O–H groups in total. The molecule has 6 nitrogen and oxygen atoms in total. The number of rotatable bonds is 8. The second kappa shape index (κ2) is 10.1. The Hall–Kier alpha value is -3.41. The first-order chi connectivity index (χ1) is 13.6. The van der Waals surface area contributed by atoms with Crippen LogP contribution >= 0.6 is 0 Å². The fourth-order valence-electron chi connectivity index (χ4n) is 2.65. The van der Waals surface area contributed by atoms with Crippen molar-refractivity contribution in [1.82, 2.24) is 0 Å². The van der Waals surface area contributed by atoms with Crippen LogP contribution < -0.4 is 18.9 Å². The summed E-state index contributed by atoms with van der Waals surface area (Å²) in [6.45, 7) is 0. The van der Waals surface area contributed by atoms with Crippen LogP contribution in [0.4, 0.5) is 0 Å². The third-order valence-electron chi connectivity index (χ3n) is 4.07. The van der Waals surface area contributed by atoms with Crippen molar-refractivity contribution in [2.75, 3.05) is 35.5 Å². The predicted octanol–water partition coefficient (Wildman–Crippen LogP) is 4.08. The molecular weight excluding hydrogens is 360 g/mol. The van der Waals surface area contributed by atoms with E-state index in [0.717, 1.165) is 16.7 Å². The smallest absolute Gasteiger partial charge is 0.330 e. The van der Waals surface area contributed by atoms with Gasteiger partial charge in [-0.3, -0.25) is 0 Å². The summed E-state index contributed by atoms with van der Waals surface area (Å²) in [5, 5.41) is 0. The Morgan fingerprint density at radius 3 is 2.04 bits per heavy atom. The summed E-state index contributed by atoms with van der Waals surface area (Å²) in [6.07, 6.45) is 6.82. The Labute approximate surface area is 164 Å². The largest absolute Gasteiger partial charge is 0.493 e. The summed E-state index contributed by atoms with van der Waals surface area (Å²) in [7, 11) is 7.66. The maximum atomic E-state index is 11.5. The Bertz CT molecular complexity index is 883. The van der Waals surface area contributed by atoms with Gasteiger partial charge in [-0.2, -0.15) is 0 Å². The lowest BCUT2D eigenvalue weighted by molar-refractivity contribution is -0.134. The zero-order valence-electron chi connectivity index (χ0n) is 16.6. The van der Waals surface area contributed by atoms with Gasteiger partial charge in [0.15, 0.2) is 23.0 Å². The number of hydrogen-bond acceptors (Lipinski definition) is 6. The van der Waals surface area contributed by atoms with Crippen molar-refractivity contribution in [3.8, 4) is 23.0 Å². The van der Waals surface area contributed by atoms with Gasteiger partial charge in [-0.05, 0) is 41.5 Å². The molecule has 0 fully saturated rings. The van der Waals surface area contributed by atoms with E-state index in [-0.39, 0.29) is 0 Å². The van der Waals surface area contributed by atoms with Gasteiger partial charge in [0, 0.05) is 11.6 Å². The van der Waals surface area contributed by atoms with E-state index in [1.165, 1.54) is 13.2 Å². The van der Waals surface area contributed by atoms with Gasteiger partial charge in [0.2, 0.25) is 0 Å². The van der Waals surface area contributed by atoms with E-state index in [9.17, 15) is 4.79 Å². The van der Waals surface area contributed by atoms with Crippen LogP contribution in [0, 0.1) is 0 Å². The lowest BCUT2D eigenvalue weighted by Gasteiger charge is -2.13. The second-order valence-corrected chi connectivity index (χ2v) is 5.61.